The van der Waals surface area contributed by atoms with Gasteiger partial charge in [-0.2, -0.15) is 0 Å². The number of nitrogens with one attached hydrogen (secondary N) is 1. The molecular formula is C28H29N5O4. The van der Waals surface area contributed by atoms with Gasteiger partial charge in [-0.1, -0.05) is 31.2 Å². The molecule has 0 bridgehead atoms. The first-order valence-corrected chi connectivity index (χ1v) is 12.5. The van der Waals surface area contributed by atoms with E-state index in [0.717, 1.165) is 23.4 Å². The maximum Gasteiger partial charge on any atom is 0.269 e. The largest absolute Gasteiger partial charge is 0.368 e. The van der Waals surface area contributed by atoms with E-state index in [-0.39, 0.29) is 23.7 Å². The Morgan fingerprint density at radius 1 is 1.00 bits per heavy atom. The van der Waals surface area contributed by atoms with E-state index in [4.69, 9.17) is 0 Å². The number of fused-ring (bicyclic) bond motifs is 1. The van der Waals surface area contributed by atoms with Crippen molar-refractivity contribution < 1.29 is 14.5 Å². The first-order valence-electron chi connectivity index (χ1n) is 12.5. The second-order valence-electron chi connectivity index (χ2n) is 9.27. The average Bonchev–Trinajstić information content (AvgIpc) is 3.19. The molecule has 1 N–H and O–H groups in total. The highest BCUT2D eigenvalue weighted by molar-refractivity contribution is 5.99. The highest BCUT2D eigenvalue weighted by Crippen LogP contribution is 2.34. The Hall–Kier alpha value is -4.40. The van der Waals surface area contributed by atoms with Gasteiger partial charge in [-0.05, 0) is 42.8 Å². The number of amides is 2. The summed E-state index contributed by atoms with van der Waals surface area (Å²) in [6.07, 6.45) is 0.571. The number of rotatable bonds is 7. The minimum absolute atomic E-state index is 0.0214. The molecule has 0 saturated carbocycles. The number of piperazine rings is 1. The lowest BCUT2D eigenvalue weighted by Crippen LogP contribution is -2.48. The molecule has 9 heteroatoms. The molecule has 5 rings (SSSR count). The fourth-order valence-corrected chi connectivity index (χ4v) is 5.03. The van der Waals surface area contributed by atoms with Gasteiger partial charge < -0.3 is 20.0 Å². The van der Waals surface area contributed by atoms with E-state index in [0.29, 0.717) is 43.9 Å². The fourth-order valence-electron chi connectivity index (χ4n) is 5.03. The molecule has 3 aromatic carbocycles. The Morgan fingerprint density at radius 2 is 1.73 bits per heavy atom. The molecular weight excluding hydrogens is 470 g/mol. The maximum atomic E-state index is 13.3. The third-order valence-corrected chi connectivity index (χ3v) is 6.93. The van der Waals surface area contributed by atoms with Crippen molar-refractivity contribution in [1.82, 2.24) is 9.80 Å². The molecule has 1 atom stereocenters. The summed E-state index contributed by atoms with van der Waals surface area (Å²) >= 11 is 0. The Kier molecular flexibility index (Phi) is 6.76. The number of carbonyl (C=O) groups excluding carboxylic acids is 2. The van der Waals surface area contributed by atoms with Crippen LogP contribution in [0.25, 0.3) is 0 Å². The number of carbonyl (C=O) groups is 2. The van der Waals surface area contributed by atoms with Gasteiger partial charge in [0.1, 0.15) is 6.17 Å². The Bertz CT molecular complexity index is 1320. The fraction of sp³-hybridized carbons (Fsp3) is 0.286. The van der Waals surface area contributed by atoms with Crippen molar-refractivity contribution in [2.24, 2.45) is 0 Å². The van der Waals surface area contributed by atoms with Gasteiger partial charge in [0, 0.05) is 72.9 Å². The van der Waals surface area contributed by atoms with E-state index >= 15 is 0 Å². The monoisotopic (exact) mass is 499 g/mol. The average molecular weight is 500 g/mol. The summed E-state index contributed by atoms with van der Waals surface area (Å²) in [7, 11) is 0. The molecule has 2 amide bonds. The van der Waals surface area contributed by atoms with Crippen LogP contribution in [0.2, 0.25) is 0 Å². The third-order valence-electron chi connectivity index (χ3n) is 6.93. The third kappa shape index (κ3) is 4.84. The molecule has 0 radical (unpaired) electrons. The van der Waals surface area contributed by atoms with Crippen molar-refractivity contribution in [2.75, 3.05) is 42.9 Å². The molecule has 2 heterocycles. The molecule has 9 nitrogen and oxygen atoms in total. The number of hydrogen-bond donors (Lipinski definition) is 1. The standard InChI is InChI=1S/C28H29N5O4/c1-2-14-32-26(24-8-3-4-9-25(24)28(32)35)29-21-7-5-6-20(19-21)27(34)31-17-15-30(16-18-31)22-10-12-23(13-11-22)33(36)37/h3-13,19,26,29H,2,14-18H2,1H3. The Morgan fingerprint density at radius 3 is 2.43 bits per heavy atom. The quantitative estimate of drug-likeness (QED) is 0.379. The van der Waals surface area contributed by atoms with Gasteiger partial charge in [0.05, 0.1) is 4.92 Å². The van der Waals surface area contributed by atoms with Crippen LogP contribution in [0, 0.1) is 10.1 Å². The smallest absolute Gasteiger partial charge is 0.269 e. The summed E-state index contributed by atoms with van der Waals surface area (Å²) in [5, 5.41) is 14.4. The predicted molar refractivity (Wildman–Crippen MR) is 142 cm³/mol. The van der Waals surface area contributed by atoms with Crippen molar-refractivity contribution in [3.05, 3.63) is 99.6 Å². The minimum Gasteiger partial charge on any atom is -0.368 e. The minimum atomic E-state index is -0.409. The zero-order chi connectivity index (χ0) is 25.9. The maximum absolute atomic E-state index is 13.3. The van der Waals surface area contributed by atoms with E-state index < -0.39 is 4.92 Å². The van der Waals surface area contributed by atoms with E-state index in [9.17, 15) is 19.7 Å². The first kappa shape index (κ1) is 24.3. The summed E-state index contributed by atoms with van der Waals surface area (Å²) in [4.78, 5) is 42.5. The van der Waals surface area contributed by atoms with Crippen LogP contribution < -0.4 is 10.2 Å². The number of nitro groups is 1. The van der Waals surface area contributed by atoms with Crippen LogP contribution in [0.1, 0.15) is 45.8 Å². The molecule has 1 fully saturated rings. The topological polar surface area (TPSA) is 99.0 Å². The Balaban J connectivity index is 1.26. The van der Waals surface area contributed by atoms with Crippen molar-refractivity contribution in [3.8, 4) is 0 Å². The van der Waals surface area contributed by atoms with Crippen molar-refractivity contribution in [2.45, 2.75) is 19.5 Å². The van der Waals surface area contributed by atoms with E-state index in [1.165, 1.54) is 12.1 Å². The highest BCUT2D eigenvalue weighted by Gasteiger charge is 2.36. The zero-order valence-electron chi connectivity index (χ0n) is 20.7. The molecule has 2 aliphatic heterocycles. The van der Waals surface area contributed by atoms with Gasteiger partial charge in [-0.3, -0.25) is 19.7 Å². The highest BCUT2D eigenvalue weighted by atomic mass is 16.6. The summed E-state index contributed by atoms with van der Waals surface area (Å²) in [5.74, 6) is -0.0200. The molecule has 0 aromatic heterocycles. The normalized spacial score (nSPS) is 17.1. The lowest BCUT2D eigenvalue weighted by Gasteiger charge is -2.36. The second kappa shape index (κ2) is 10.3. The van der Waals surface area contributed by atoms with Gasteiger partial charge in [0.25, 0.3) is 17.5 Å². The summed E-state index contributed by atoms with van der Waals surface area (Å²) in [6, 6.07) is 21.6. The van der Waals surface area contributed by atoms with Crippen molar-refractivity contribution in [3.63, 3.8) is 0 Å². The lowest BCUT2D eigenvalue weighted by atomic mass is 10.1. The lowest BCUT2D eigenvalue weighted by molar-refractivity contribution is -0.384. The number of benzene rings is 3. The number of anilines is 2. The summed E-state index contributed by atoms with van der Waals surface area (Å²) < 4.78 is 0. The molecule has 1 unspecified atom stereocenters. The van der Waals surface area contributed by atoms with Crippen LogP contribution in [0.5, 0.6) is 0 Å². The summed E-state index contributed by atoms with van der Waals surface area (Å²) in [5.41, 5.74) is 4.01. The van der Waals surface area contributed by atoms with E-state index in [2.05, 4.69) is 10.2 Å². The number of non-ortho nitro benzene ring substituents is 1. The molecule has 2 aliphatic rings. The number of nitrogens with zero attached hydrogens (tertiary/aromatic N) is 4. The zero-order valence-corrected chi connectivity index (χ0v) is 20.7. The van der Waals surface area contributed by atoms with Gasteiger partial charge in [-0.15, -0.1) is 0 Å². The molecule has 37 heavy (non-hydrogen) atoms. The van der Waals surface area contributed by atoms with Crippen LogP contribution in [0.15, 0.2) is 72.8 Å². The van der Waals surface area contributed by atoms with Gasteiger partial charge in [-0.25, -0.2) is 0 Å². The molecule has 0 aliphatic carbocycles. The van der Waals surface area contributed by atoms with Gasteiger partial charge in [0.2, 0.25) is 0 Å². The van der Waals surface area contributed by atoms with Gasteiger partial charge >= 0.3 is 0 Å². The van der Waals surface area contributed by atoms with Crippen LogP contribution >= 0.6 is 0 Å². The number of nitro benzene ring substituents is 1. The van der Waals surface area contributed by atoms with E-state index in [1.807, 2.05) is 65.3 Å². The Labute approximate surface area is 215 Å². The number of hydrogen-bond acceptors (Lipinski definition) is 6. The summed E-state index contributed by atoms with van der Waals surface area (Å²) in [6.45, 7) is 5.10. The van der Waals surface area contributed by atoms with Gasteiger partial charge in [0.15, 0.2) is 0 Å². The second-order valence-corrected chi connectivity index (χ2v) is 9.27. The predicted octanol–water partition coefficient (Wildman–Crippen LogP) is 4.53. The first-order chi connectivity index (χ1) is 18.0. The van der Waals surface area contributed by atoms with Crippen LogP contribution in [0.3, 0.4) is 0 Å². The molecule has 190 valence electrons. The SMILES string of the molecule is CCCN1C(=O)c2ccccc2C1Nc1cccc(C(=O)N2CCN(c3ccc([N+](=O)[O-])cc3)CC2)c1. The van der Waals surface area contributed by atoms with E-state index in [1.54, 1.807) is 12.1 Å². The molecule has 0 spiro atoms. The van der Waals surface area contributed by atoms with Crippen molar-refractivity contribution in [1.29, 1.82) is 0 Å². The van der Waals surface area contributed by atoms with Crippen molar-refractivity contribution >= 4 is 28.9 Å². The van der Waals surface area contributed by atoms with Crippen LogP contribution in [0.4, 0.5) is 17.1 Å². The van der Waals surface area contributed by atoms with Crippen LogP contribution in [-0.4, -0.2) is 59.3 Å². The van der Waals surface area contributed by atoms with Crippen LogP contribution in [-0.2, 0) is 0 Å². The molecule has 3 aromatic rings. The molecule has 1 saturated heterocycles.